The second kappa shape index (κ2) is 9.19. The molecule has 0 aliphatic heterocycles. The molecule has 0 aliphatic rings. The first-order valence-electron chi connectivity index (χ1n) is 7.26. The number of ether oxygens (including phenoxy) is 1. The van der Waals surface area contributed by atoms with Crippen LogP contribution in [0, 0.1) is 0 Å². The molecule has 0 bridgehead atoms. The molecule has 0 N–H and O–H groups in total. The average molecular weight is 288 g/mol. The fraction of sp³-hybridized carbons (Fsp3) is 0.0476. The SMILES string of the molecule is COc1ccc(C=CC=CC=CC=Cc2ccccc2)cc1. The van der Waals surface area contributed by atoms with Crippen LogP contribution in [0.2, 0.25) is 0 Å². The highest BCUT2D eigenvalue weighted by Crippen LogP contribution is 2.12. The Morgan fingerprint density at radius 3 is 1.64 bits per heavy atom. The minimum Gasteiger partial charge on any atom is -0.497 e. The smallest absolute Gasteiger partial charge is 0.118 e. The van der Waals surface area contributed by atoms with Crippen LogP contribution in [0.15, 0.2) is 91.1 Å². The van der Waals surface area contributed by atoms with E-state index in [9.17, 15) is 0 Å². The summed E-state index contributed by atoms with van der Waals surface area (Å²) in [5.74, 6) is 0.876. The predicted molar refractivity (Wildman–Crippen MR) is 95.8 cm³/mol. The lowest BCUT2D eigenvalue weighted by Gasteiger charge is -1.98. The van der Waals surface area contributed by atoms with Crippen LogP contribution in [0.25, 0.3) is 12.2 Å². The molecule has 2 rings (SSSR count). The first-order valence-corrected chi connectivity index (χ1v) is 7.26. The second-order valence-corrected chi connectivity index (χ2v) is 4.67. The first kappa shape index (κ1) is 15.6. The quantitative estimate of drug-likeness (QED) is 0.635. The van der Waals surface area contributed by atoms with Crippen molar-refractivity contribution in [2.45, 2.75) is 0 Å². The van der Waals surface area contributed by atoms with Crippen molar-refractivity contribution in [1.82, 2.24) is 0 Å². The van der Waals surface area contributed by atoms with E-state index in [4.69, 9.17) is 4.74 Å². The van der Waals surface area contributed by atoms with E-state index in [1.54, 1.807) is 7.11 Å². The number of methoxy groups -OCH3 is 1. The van der Waals surface area contributed by atoms with E-state index in [1.807, 2.05) is 78.9 Å². The summed E-state index contributed by atoms with van der Waals surface area (Å²) in [6.45, 7) is 0. The maximum Gasteiger partial charge on any atom is 0.118 e. The monoisotopic (exact) mass is 288 g/mol. The van der Waals surface area contributed by atoms with Gasteiger partial charge in [0.25, 0.3) is 0 Å². The van der Waals surface area contributed by atoms with Gasteiger partial charge in [-0.3, -0.25) is 0 Å². The molecular weight excluding hydrogens is 268 g/mol. The van der Waals surface area contributed by atoms with Gasteiger partial charge in [-0.2, -0.15) is 0 Å². The Hall–Kier alpha value is -2.80. The van der Waals surface area contributed by atoms with Crippen LogP contribution >= 0.6 is 0 Å². The highest BCUT2D eigenvalue weighted by molar-refractivity contribution is 5.53. The Kier molecular flexibility index (Phi) is 6.51. The third kappa shape index (κ3) is 5.68. The van der Waals surface area contributed by atoms with Gasteiger partial charge >= 0.3 is 0 Å². The third-order valence-corrected chi connectivity index (χ3v) is 3.05. The minimum absolute atomic E-state index is 0.876. The summed E-state index contributed by atoms with van der Waals surface area (Å²) in [6.07, 6.45) is 16.2. The van der Waals surface area contributed by atoms with E-state index in [-0.39, 0.29) is 0 Å². The van der Waals surface area contributed by atoms with Gasteiger partial charge < -0.3 is 4.74 Å². The van der Waals surface area contributed by atoms with E-state index < -0.39 is 0 Å². The van der Waals surface area contributed by atoms with Crippen molar-refractivity contribution in [2.75, 3.05) is 7.11 Å². The highest BCUT2D eigenvalue weighted by Gasteiger charge is 1.88. The Labute approximate surface area is 132 Å². The minimum atomic E-state index is 0.876. The molecule has 0 saturated carbocycles. The largest absolute Gasteiger partial charge is 0.497 e. The molecule has 0 saturated heterocycles. The number of hydrogen-bond acceptors (Lipinski definition) is 1. The summed E-state index contributed by atoms with van der Waals surface area (Å²) in [6, 6.07) is 18.2. The molecule has 2 aromatic carbocycles. The van der Waals surface area contributed by atoms with Gasteiger partial charge in [0, 0.05) is 0 Å². The van der Waals surface area contributed by atoms with Crippen molar-refractivity contribution in [3.63, 3.8) is 0 Å². The van der Waals surface area contributed by atoms with Crippen molar-refractivity contribution in [3.05, 3.63) is 102 Å². The fourth-order valence-electron chi connectivity index (χ4n) is 1.87. The molecule has 0 fully saturated rings. The number of benzene rings is 2. The molecule has 0 atom stereocenters. The van der Waals surface area contributed by atoms with Crippen LogP contribution in [0.5, 0.6) is 5.75 Å². The summed E-state index contributed by atoms with van der Waals surface area (Å²) in [5, 5.41) is 0. The summed E-state index contributed by atoms with van der Waals surface area (Å²) in [5.41, 5.74) is 2.36. The molecule has 0 radical (unpaired) electrons. The Morgan fingerprint density at radius 2 is 1.09 bits per heavy atom. The van der Waals surface area contributed by atoms with Gasteiger partial charge in [0.15, 0.2) is 0 Å². The van der Waals surface area contributed by atoms with E-state index >= 15 is 0 Å². The third-order valence-electron chi connectivity index (χ3n) is 3.05. The van der Waals surface area contributed by atoms with Gasteiger partial charge in [-0.15, -0.1) is 0 Å². The second-order valence-electron chi connectivity index (χ2n) is 4.67. The van der Waals surface area contributed by atoms with Gasteiger partial charge in [0.1, 0.15) is 5.75 Å². The summed E-state index contributed by atoms with van der Waals surface area (Å²) in [4.78, 5) is 0. The van der Waals surface area contributed by atoms with Crippen LogP contribution in [0.3, 0.4) is 0 Å². The van der Waals surface area contributed by atoms with Gasteiger partial charge in [0.2, 0.25) is 0 Å². The zero-order valence-corrected chi connectivity index (χ0v) is 12.7. The lowest BCUT2D eigenvalue weighted by molar-refractivity contribution is 0.415. The van der Waals surface area contributed by atoms with E-state index in [0.29, 0.717) is 0 Å². The predicted octanol–water partition coefficient (Wildman–Crippen LogP) is 5.53. The molecule has 0 unspecified atom stereocenters. The zero-order chi connectivity index (χ0) is 15.5. The molecule has 0 heterocycles. The number of hydrogen-bond donors (Lipinski definition) is 0. The zero-order valence-electron chi connectivity index (χ0n) is 12.7. The van der Waals surface area contributed by atoms with Gasteiger partial charge in [0.05, 0.1) is 7.11 Å². The lowest BCUT2D eigenvalue weighted by Crippen LogP contribution is -1.81. The molecule has 0 amide bonds. The van der Waals surface area contributed by atoms with Crippen LogP contribution in [0.4, 0.5) is 0 Å². The van der Waals surface area contributed by atoms with Crippen molar-refractivity contribution >= 4 is 12.2 Å². The van der Waals surface area contributed by atoms with Crippen molar-refractivity contribution in [1.29, 1.82) is 0 Å². The molecule has 1 heteroatoms. The maximum absolute atomic E-state index is 5.13. The maximum atomic E-state index is 5.13. The van der Waals surface area contributed by atoms with Crippen LogP contribution in [0.1, 0.15) is 11.1 Å². The highest BCUT2D eigenvalue weighted by atomic mass is 16.5. The van der Waals surface area contributed by atoms with E-state index in [0.717, 1.165) is 11.3 Å². The normalized spacial score (nSPS) is 12.0. The van der Waals surface area contributed by atoms with Crippen molar-refractivity contribution in [3.8, 4) is 5.75 Å². The molecule has 0 spiro atoms. The fourth-order valence-corrected chi connectivity index (χ4v) is 1.87. The molecule has 2 aromatic rings. The van der Waals surface area contributed by atoms with E-state index in [2.05, 4.69) is 24.3 Å². The standard InChI is InChI=1S/C21H20O/c1-22-21-17-15-20(16-18-21)14-8-5-3-2-4-7-11-19-12-9-6-10-13-19/h2-18H,1H3. The number of rotatable bonds is 6. The van der Waals surface area contributed by atoms with Crippen molar-refractivity contribution < 1.29 is 4.74 Å². The molecule has 0 aliphatic carbocycles. The van der Waals surface area contributed by atoms with Crippen LogP contribution < -0.4 is 4.74 Å². The van der Waals surface area contributed by atoms with Crippen molar-refractivity contribution in [2.24, 2.45) is 0 Å². The summed E-state index contributed by atoms with van der Waals surface area (Å²) < 4.78 is 5.13. The Morgan fingerprint density at radius 1 is 0.591 bits per heavy atom. The number of allylic oxidation sites excluding steroid dienone is 6. The van der Waals surface area contributed by atoms with Gasteiger partial charge in [-0.05, 0) is 23.3 Å². The average Bonchev–Trinajstić information content (AvgIpc) is 2.59. The molecule has 22 heavy (non-hydrogen) atoms. The molecule has 0 aromatic heterocycles. The van der Waals surface area contributed by atoms with Crippen LogP contribution in [-0.4, -0.2) is 7.11 Å². The topological polar surface area (TPSA) is 9.23 Å². The Bertz CT molecular complexity index is 659. The molecule has 1 nitrogen and oxygen atoms in total. The van der Waals surface area contributed by atoms with Crippen LogP contribution in [-0.2, 0) is 0 Å². The summed E-state index contributed by atoms with van der Waals surface area (Å²) >= 11 is 0. The van der Waals surface area contributed by atoms with E-state index in [1.165, 1.54) is 5.56 Å². The first-order chi connectivity index (χ1) is 10.9. The lowest BCUT2D eigenvalue weighted by atomic mass is 10.2. The molecular formula is C21H20O. The molecule has 110 valence electrons. The Balaban J connectivity index is 1.78. The van der Waals surface area contributed by atoms with Gasteiger partial charge in [-0.25, -0.2) is 0 Å². The summed E-state index contributed by atoms with van der Waals surface area (Å²) in [7, 11) is 1.67. The van der Waals surface area contributed by atoms with Gasteiger partial charge in [-0.1, -0.05) is 91.1 Å².